The molecule has 2 amide bonds. The van der Waals surface area contributed by atoms with Crippen molar-refractivity contribution in [3.05, 3.63) is 59.1 Å². The molecule has 1 N–H and O–H groups in total. The number of likely N-dealkylation sites (N-methyl/N-ethyl adjacent to an activating group) is 1. The van der Waals surface area contributed by atoms with Crippen molar-refractivity contribution in [3.63, 3.8) is 0 Å². The van der Waals surface area contributed by atoms with E-state index < -0.39 is 28.5 Å². The lowest BCUT2D eigenvalue weighted by Crippen LogP contribution is -2.51. The average Bonchev–Trinajstić information content (AvgIpc) is 2.74. The molecule has 174 valence electrons. The fraction of sp³-hybridized carbons (Fsp3) is 0.364. The van der Waals surface area contributed by atoms with Gasteiger partial charge < -0.3 is 15.0 Å². The lowest BCUT2D eigenvalue weighted by molar-refractivity contribution is -0.139. The molecule has 0 heterocycles. The number of amides is 2. The van der Waals surface area contributed by atoms with Gasteiger partial charge in [0.05, 0.1) is 19.1 Å². The van der Waals surface area contributed by atoms with Crippen molar-refractivity contribution in [3.8, 4) is 5.75 Å². The first kappa shape index (κ1) is 25.5. The normalized spacial score (nSPS) is 12.0. The van der Waals surface area contributed by atoms with Gasteiger partial charge in [-0.05, 0) is 49.7 Å². The summed E-state index contributed by atoms with van der Waals surface area (Å²) in [6.45, 7) is 3.41. The molecular weight excluding hydrogens is 454 g/mol. The van der Waals surface area contributed by atoms with Crippen LogP contribution in [0.3, 0.4) is 0 Å². The Morgan fingerprint density at radius 2 is 1.84 bits per heavy atom. The molecule has 0 aliphatic heterocycles. The Morgan fingerprint density at radius 3 is 2.44 bits per heavy atom. The molecule has 0 bridgehead atoms. The van der Waals surface area contributed by atoms with E-state index in [1.807, 2.05) is 0 Å². The maximum absolute atomic E-state index is 13.3. The molecule has 2 aromatic carbocycles. The monoisotopic (exact) mass is 481 g/mol. The quantitative estimate of drug-likeness (QED) is 0.562. The minimum absolute atomic E-state index is 0.0987. The minimum atomic E-state index is -3.80. The smallest absolute Gasteiger partial charge is 0.244 e. The Kier molecular flexibility index (Phi) is 8.91. The van der Waals surface area contributed by atoms with E-state index in [4.69, 9.17) is 16.3 Å². The number of nitrogens with zero attached hydrogens (tertiary/aromatic N) is 2. The summed E-state index contributed by atoms with van der Waals surface area (Å²) in [5, 5.41) is 3.05. The molecule has 0 spiro atoms. The van der Waals surface area contributed by atoms with Gasteiger partial charge in [0.15, 0.2) is 0 Å². The van der Waals surface area contributed by atoms with Gasteiger partial charge in [0.2, 0.25) is 21.8 Å². The molecule has 2 aromatic rings. The zero-order chi connectivity index (χ0) is 23.9. The Labute approximate surface area is 194 Å². The van der Waals surface area contributed by atoms with Crippen LogP contribution >= 0.6 is 11.6 Å². The number of hydrogen-bond acceptors (Lipinski definition) is 5. The average molecular weight is 482 g/mol. The largest absolute Gasteiger partial charge is 0.497 e. The van der Waals surface area contributed by atoms with Crippen LogP contribution in [0, 0.1) is 0 Å². The SMILES string of the molecule is CCNC(=O)C(C)N(Cc1cccc(OC)c1)C(=O)CN(c1cccc(Cl)c1)S(C)(=O)=O. The van der Waals surface area contributed by atoms with Crippen molar-refractivity contribution in [2.75, 3.05) is 30.8 Å². The maximum atomic E-state index is 13.3. The molecule has 1 atom stereocenters. The van der Waals surface area contributed by atoms with Crippen molar-refractivity contribution in [2.45, 2.75) is 26.4 Å². The molecule has 0 aliphatic rings. The topological polar surface area (TPSA) is 96.0 Å². The van der Waals surface area contributed by atoms with E-state index in [0.29, 0.717) is 17.3 Å². The first-order valence-electron chi connectivity index (χ1n) is 10.00. The van der Waals surface area contributed by atoms with Gasteiger partial charge in [0, 0.05) is 18.1 Å². The third-order valence-corrected chi connectivity index (χ3v) is 6.16. The summed E-state index contributed by atoms with van der Waals surface area (Å²) >= 11 is 6.02. The minimum Gasteiger partial charge on any atom is -0.497 e. The summed E-state index contributed by atoms with van der Waals surface area (Å²) in [4.78, 5) is 27.2. The van der Waals surface area contributed by atoms with Gasteiger partial charge >= 0.3 is 0 Å². The van der Waals surface area contributed by atoms with Crippen LogP contribution in [0.2, 0.25) is 5.02 Å². The highest BCUT2D eigenvalue weighted by Crippen LogP contribution is 2.23. The Bertz CT molecular complexity index is 1060. The van der Waals surface area contributed by atoms with Crippen LogP contribution in [0.15, 0.2) is 48.5 Å². The van der Waals surface area contributed by atoms with E-state index in [1.54, 1.807) is 56.3 Å². The first-order chi connectivity index (χ1) is 15.1. The molecule has 32 heavy (non-hydrogen) atoms. The van der Waals surface area contributed by atoms with Gasteiger partial charge in [-0.2, -0.15) is 0 Å². The van der Waals surface area contributed by atoms with Crippen LogP contribution < -0.4 is 14.4 Å². The van der Waals surface area contributed by atoms with Gasteiger partial charge in [-0.15, -0.1) is 0 Å². The number of ether oxygens (including phenoxy) is 1. The molecule has 0 saturated heterocycles. The third-order valence-electron chi connectivity index (χ3n) is 4.78. The van der Waals surface area contributed by atoms with Crippen LogP contribution in [0.25, 0.3) is 0 Å². The summed E-state index contributed by atoms with van der Waals surface area (Å²) in [5.74, 6) is -0.258. The number of benzene rings is 2. The number of halogens is 1. The highest BCUT2D eigenvalue weighted by molar-refractivity contribution is 7.92. The zero-order valence-electron chi connectivity index (χ0n) is 18.5. The summed E-state index contributed by atoms with van der Waals surface area (Å²) in [5.41, 5.74) is 1.00. The number of nitrogens with one attached hydrogen (secondary N) is 1. The van der Waals surface area contributed by atoms with Crippen molar-refractivity contribution in [2.24, 2.45) is 0 Å². The number of hydrogen-bond donors (Lipinski definition) is 1. The lowest BCUT2D eigenvalue weighted by Gasteiger charge is -2.31. The van der Waals surface area contributed by atoms with Crippen molar-refractivity contribution < 1.29 is 22.7 Å². The number of rotatable bonds is 10. The standard InChI is InChI=1S/C22H28ClN3O5S/c1-5-24-22(28)16(2)25(14-17-8-6-11-20(12-17)31-3)21(27)15-26(32(4,29)30)19-10-7-9-18(23)13-19/h6-13,16H,5,14-15H2,1-4H3,(H,24,28). The summed E-state index contributed by atoms with van der Waals surface area (Å²) in [6, 6.07) is 12.5. The second-order valence-corrected chi connectivity index (χ2v) is 9.54. The molecule has 10 heteroatoms. The number of methoxy groups -OCH3 is 1. The fourth-order valence-corrected chi connectivity index (χ4v) is 4.14. The van der Waals surface area contributed by atoms with Crippen molar-refractivity contribution in [1.29, 1.82) is 0 Å². The predicted octanol–water partition coefficient (Wildman–Crippen LogP) is 2.67. The molecule has 0 radical (unpaired) electrons. The van der Waals surface area contributed by atoms with Gasteiger partial charge in [-0.3, -0.25) is 13.9 Å². The molecule has 1 unspecified atom stereocenters. The first-order valence-corrected chi connectivity index (χ1v) is 12.2. The van der Waals surface area contributed by atoms with Gasteiger partial charge in [-0.1, -0.05) is 29.8 Å². The lowest BCUT2D eigenvalue weighted by atomic mass is 10.1. The zero-order valence-corrected chi connectivity index (χ0v) is 20.1. The Balaban J connectivity index is 2.39. The molecule has 0 fully saturated rings. The van der Waals surface area contributed by atoms with Gasteiger partial charge in [0.25, 0.3) is 0 Å². The molecule has 8 nitrogen and oxygen atoms in total. The second-order valence-electron chi connectivity index (χ2n) is 7.19. The van der Waals surface area contributed by atoms with E-state index in [2.05, 4.69) is 5.32 Å². The second kappa shape index (κ2) is 11.2. The Morgan fingerprint density at radius 1 is 1.16 bits per heavy atom. The third kappa shape index (κ3) is 6.86. The van der Waals surface area contributed by atoms with Crippen LogP contribution in [-0.2, 0) is 26.2 Å². The van der Waals surface area contributed by atoms with Crippen LogP contribution in [0.4, 0.5) is 5.69 Å². The molecule has 0 saturated carbocycles. The molecule has 0 aliphatic carbocycles. The number of anilines is 1. The summed E-state index contributed by atoms with van der Waals surface area (Å²) in [6.07, 6.45) is 1.01. The van der Waals surface area contributed by atoms with Crippen molar-refractivity contribution >= 4 is 39.1 Å². The van der Waals surface area contributed by atoms with Gasteiger partial charge in [-0.25, -0.2) is 8.42 Å². The van der Waals surface area contributed by atoms with Crippen LogP contribution in [0.1, 0.15) is 19.4 Å². The number of sulfonamides is 1. The predicted molar refractivity (Wildman–Crippen MR) is 125 cm³/mol. The van der Waals surface area contributed by atoms with E-state index in [-0.39, 0.29) is 18.1 Å². The fourth-order valence-electron chi connectivity index (χ4n) is 3.12. The maximum Gasteiger partial charge on any atom is 0.244 e. The van der Waals surface area contributed by atoms with E-state index >= 15 is 0 Å². The molecule has 2 rings (SSSR count). The summed E-state index contributed by atoms with van der Waals surface area (Å²) < 4.78 is 31.1. The molecular formula is C22H28ClN3O5S. The van der Waals surface area contributed by atoms with Crippen LogP contribution in [-0.4, -0.2) is 57.6 Å². The molecule has 0 aromatic heterocycles. The highest BCUT2D eigenvalue weighted by Gasteiger charge is 2.30. The van der Waals surface area contributed by atoms with Gasteiger partial charge in [0.1, 0.15) is 18.3 Å². The van der Waals surface area contributed by atoms with E-state index in [9.17, 15) is 18.0 Å². The Hall–Kier alpha value is -2.78. The highest BCUT2D eigenvalue weighted by atomic mass is 35.5. The van der Waals surface area contributed by atoms with Crippen LogP contribution in [0.5, 0.6) is 5.75 Å². The van der Waals surface area contributed by atoms with E-state index in [0.717, 1.165) is 16.1 Å². The van der Waals surface area contributed by atoms with Crippen molar-refractivity contribution in [1.82, 2.24) is 10.2 Å². The van der Waals surface area contributed by atoms with E-state index in [1.165, 1.54) is 18.1 Å². The number of carbonyl (C=O) groups excluding carboxylic acids is 2. The summed E-state index contributed by atoms with van der Waals surface area (Å²) in [7, 11) is -2.26. The number of carbonyl (C=O) groups is 2.